The predicted octanol–water partition coefficient (Wildman–Crippen LogP) is 6.06. The third-order valence-corrected chi connectivity index (χ3v) is 6.27. The highest BCUT2D eigenvalue weighted by molar-refractivity contribution is 6.12. The van der Waals surface area contributed by atoms with Gasteiger partial charge in [0.05, 0.1) is 11.6 Å². The van der Waals surface area contributed by atoms with Crippen molar-refractivity contribution in [1.82, 2.24) is 4.98 Å². The Labute approximate surface area is 169 Å². The predicted molar refractivity (Wildman–Crippen MR) is 118 cm³/mol. The number of nitrogens with zero attached hydrogens (tertiary/aromatic N) is 1. The van der Waals surface area contributed by atoms with Crippen molar-refractivity contribution in [2.75, 3.05) is 5.32 Å². The lowest BCUT2D eigenvalue weighted by Crippen LogP contribution is -2.27. The second kappa shape index (κ2) is 6.28. The number of benzene rings is 3. The Hall–Kier alpha value is -3.46. The number of aromatic nitrogens is 1. The molecule has 2 heterocycles. The van der Waals surface area contributed by atoms with Gasteiger partial charge in [-0.2, -0.15) is 0 Å². The SMILES string of the molecule is O=C1CCCC2=C1[C@@H](c1cccc3ccccc13)Nc1ccc3ncccc3c12. The fraction of sp³-hybridized carbons (Fsp3) is 0.154. The van der Waals surface area contributed by atoms with Gasteiger partial charge in [-0.05, 0) is 52.9 Å². The fourth-order valence-corrected chi connectivity index (χ4v) is 5.02. The van der Waals surface area contributed by atoms with Gasteiger partial charge in [-0.3, -0.25) is 9.78 Å². The first-order valence-electron chi connectivity index (χ1n) is 10.2. The lowest BCUT2D eigenvalue weighted by molar-refractivity contribution is -0.116. The number of fused-ring (bicyclic) bond motifs is 5. The Morgan fingerprint density at radius 1 is 0.862 bits per heavy atom. The minimum absolute atomic E-state index is 0.120. The molecule has 3 aromatic carbocycles. The molecule has 1 atom stereocenters. The van der Waals surface area contributed by atoms with Gasteiger partial charge in [-0.25, -0.2) is 0 Å². The van der Waals surface area contributed by atoms with Crippen LogP contribution in [0.3, 0.4) is 0 Å². The molecule has 1 aliphatic carbocycles. The van der Waals surface area contributed by atoms with Gasteiger partial charge in [-0.15, -0.1) is 0 Å². The molecule has 0 amide bonds. The Morgan fingerprint density at radius 3 is 2.69 bits per heavy atom. The highest BCUT2D eigenvalue weighted by atomic mass is 16.1. The molecule has 0 saturated heterocycles. The Morgan fingerprint density at radius 2 is 1.72 bits per heavy atom. The van der Waals surface area contributed by atoms with E-state index in [2.05, 4.69) is 71.0 Å². The van der Waals surface area contributed by atoms with E-state index in [1.54, 1.807) is 0 Å². The first-order valence-corrected chi connectivity index (χ1v) is 10.2. The molecule has 0 radical (unpaired) electrons. The minimum Gasteiger partial charge on any atom is -0.373 e. The van der Waals surface area contributed by atoms with Gasteiger partial charge in [0.1, 0.15) is 0 Å². The summed E-state index contributed by atoms with van der Waals surface area (Å²) in [6, 6.07) is 22.9. The largest absolute Gasteiger partial charge is 0.373 e. The molecule has 1 aromatic heterocycles. The van der Waals surface area contributed by atoms with E-state index in [-0.39, 0.29) is 11.8 Å². The zero-order valence-electron chi connectivity index (χ0n) is 16.0. The van der Waals surface area contributed by atoms with Crippen molar-refractivity contribution in [2.24, 2.45) is 0 Å². The van der Waals surface area contributed by atoms with Gasteiger partial charge >= 0.3 is 0 Å². The van der Waals surface area contributed by atoms with Crippen molar-refractivity contribution in [2.45, 2.75) is 25.3 Å². The van der Waals surface area contributed by atoms with E-state index in [1.807, 2.05) is 12.3 Å². The number of pyridine rings is 1. The Kier molecular flexibility index (Phi) is 3.57. The zero-order chi connectivity index (χ0) is 19.4. The Balaban J connectivity index is 1.66. The maximum atomic E-state index is 13.2. The van der Waals surface area contributed by atoms with Crippen LogP contribution in [-0.2, 0) is 4.79 Å². The van der Waals surface area contributed by atoms with Crippen LogP contribution in [0.15, 0.2) is 78.5 Å². The number of hydrogen-bond acceptors (Lipinski definition) is 3. The second-order valence-electron chi connectivity index (χ2n) is 7.87. The summed E-state index contributed by atoms with van der Waals surface area (Å²) in [5.41, 5.74) is 6.54. The molecule has 0 spiro atoms. The van der Waals surface area contributed by atoms with Gasteiger partial charge in [0.15, 0.2) is 5.78 Å². The third-order valence-electron chi connectivity index (χ3n) is 6.27. The number of carbonyl (C=O) groups excluding carboxylic acids is 1. The number of carbonyl (C=O) groups is 1. The molecule has 4 aromatic rings. The van der Waals surface area contributed by atoms with E-state index in [1.165, 1.54) is 21.9 Å². The highest BCUT2D eigenvalue weighted by Gasteiger charge is 2.35. The first kappa shape index (κ1) is 16.5. The molecule has 0 saturated carbocycles. The van der Waals surface area contributed by atoms with Crippen LogP contribution in [0.4, 0.5) is 5.69 Å². The number of rotatable bonds is 1. The first-order chi connectivity index (χ1) is 14.3. The maximum absolute atomic E-state index is 13.2. The van der Waals surface area contributed by atoms with Crippen molar-refractivity contribution in [3.63, 3.8) is 0 Å². The summed E-state index contributed by atoms with van der Waals surface area (Å²) in [5.74, 6) is 0.267. The molecule has 2 aliphatic rings. The molecule has 3 heteroatoms. The van der Waals surface area contributed by atoms with Crippen LogP contribution in [0.5, 0.6) is 0 Å². The van der Waals surface area contributed by atoms with Crippen LogP contribution in [0.1, 0.15) is 36.4 Å². The minimum atomic E-state index is -0.120. The topological polar surface area (TPSA) is 42.0 Å². The molecular formula is C26H20N2O. The smallest absolute Gasteiger partial charge is 0.161 e. The number of anilines is 1. The lowest BCUT2D eigenvalue weighted by atomic mass is 9.76. The molecule has 29 heavy (non-hydrogen) atoms. The van der Waals surface area contributed by atoms with Gasteiger partial charge in [0.25, 0.3) is 0 Å². The van der Waals surface area contributed by atoms with Crippen molar-refractivity contribution in [1.29, 1.82) is 0 Å². The van der Waals surface area contributed by atoms with E-state index in [0.29, 0.717) is 6.42 Å². The van der Waals surface area contributed by atoms with Crippen molar-refractivity contribution in [3.8, 4) is 0 Å². The fourth-order valence-electron chi connectivity index (χ4n) is 5.02. The second-order valence-corrected chi connectivity index (χ2v) is 7.87. The molecule has 1 N–H and O–H groups in total. The quantitative estimate of drug-likeness (QED) is 0.439. The van der Waals surface area contributed by atoms with Gasteiger partial charge in [0, 0.05) is 34.8 Å². The number of Topliss-reactive ketones (excluding diaryl/α,β-unsaturated/α-hetero) is 1. The molecule has 0 unspecified atom stereocenters. The summed E-state index contributed by atoms with van der Waals surface area (Å²) in [7, 11) is 0. The van der Waals surface area contributed by atoms with Crippen LogP contribution in [0.2, 0.25) is 0 Å². The molecule has 6 rings (SSSR count). The summed E-state index contributed by atoms with van der Waals surface area (Å²) >= 11 is 0. The van der Waals surface area contributed by atoms with E-state index < -0.39 is 0 Å². The molecule has 1 aliphatic heterocycles. The Bertz CT molecular complexity index is 1330. The summed E-state index contributed by atoms with van der Waals surface area (Å²) in [5, 5.41) is 7.24. The standard InChI is InChI=1S/C26H20N2O/c29-23-12-4-10-20-24-19-11-5-15-27-21(19)13-14-22(24)28-26(25(20)23)18-9-3-7-16-6-1-2-8-17(16)18/h1-3,5-9,11,13-15,26,28H,4,10,12H2/t26-/m1/s1. The lowest BCUT2D eigenvalue weighted by Gasteiger charge is -2.35. The van der Waals surface area contributed by atoms with Crippen molar-refractivity contribution >= 4 is 38.7 Å². The van der Waals surface area contributed by atoms with Crippen molar-refractivity contribution < 1.29 is 4.79 Å². The normalized spacial score (nSPS) is 18.5. The number of ketones is 1. The zero-order valence-corrected chi connectivity index (χ0v) is 16.0. The molecule has 140 valence electrons. The summed E-state index contributed by atoms with van der Waals surface area (Å²) in [6.07, 6.45) is 4.30. The maximum Gasteiger partial charge on any atom is 0.161 e. The monoisotopic (exact) mass is 376 g/mol. The van der Waals surface area contributed by atoms with E-state index >= 15 is 0 Å². The van der Waals surface area contributed by atoms with Gasteiger partial charge < -0.3 is 5.32 Å². The van der Waals surface area contributed by atoms with Crippen LogP contribution in [0.25, 0.3) is 27.2 Å². The molecule has 3 nitrogen and oxygen atoms in total. The van der Waals surface area contributed by atoms with Crippen molar-refractivity contribution in [3.05, 3.63) is 89.6 Å². The van der Waals surface area contributed by atoms with Crippen LogP contribution in [0, 0.1) is 0 Å². The molecule has 0 fully saturated rings. The number of hydrogen-bond donors (Lipinski definition) is 1. The van der Waals surface area contributed by atoms with Crippen LogP contribution >= 0.6 is 0 Å². The van der Waals surface area contributed by atoms with E-state index in [4.69, 9.17) is 0 Å². The molecular weight excluding hydrogens is 356 g/mol. The van der Waals surface area contributed by atoms with Gasteiger partial charge in [0.2, 0.25) is 0 Å². The van der Waals surface area contributed by atoms with E-state index in [0.717, 1.165) is 40.6 Å². The van der Waals surface area contributed by atoms with E-state index in [9.17, 15) is 4.79 Å². The number of nitrogens with one attached hydrogen (secondary N) is 1. The molecule has 0 bridgehead atoms. The van der Waals surface area contributed by atoms with Crippen LogP contribution in [-0.4, -0.2) is 10.8 Å². The summed E-state index contributed by atoms with van der Waals surface area (Å²) in [4.78, 5) is 17.7. The summed E-state index contributed by atoms with van der Waals surface area (Å²) < 4.78 is 0. The highest BCUT2D eigenvalue weighted by Crippen LogP contribution is 2.48. The summed E-state index contributed by atoms with van der Waals surface area (Å²) in [6.45, 7) is 0. The average molecular weight is 376 g/mol. The van der Waals surface area contributed by atoms with Gasteiger partial charge in [-0.1, -0.05) is 48.5 Å². The number of allylic oxidation sites excluding steroid dienone is 1. The third kappa shape index (κ3) is 2.44. The van der Waals surface area contributed by atoms with Crippen LogP contribution < -0.4 is 5.32 Å². The average Bonchev–Trinajstić information content (AvgIpc) is 2.78.